The van der Waals surface area contributed by atoms with Crippen LogP contribution in [-0.2, 0) is 4.74 Å². The van der Waals surface area contributed by atoms with E-state index in [9.17, 15) is 0 Å². The summed E-state index contributed by atoms with van der Waals surface area (Å²) in [6, 6.07) is 0. The number of ether oxygens (including phenoxy) is 1. The first kappa shape index (κ1) is 5.45. The Morgan fingerprint density at radius 2 is 2.44 bits per heavy atom. The fraction of sp³-hybridized carbons (Fsp3) is 0.714. The van der Waals surface area contributed by atoms with Crippen molar-refractivity contribution in [1.82, 2.24) is 5.32 Å². The van der Waals surface area contributed by atoms with Crippen LogP contribution in [0.25, 0.3) is 0 Å². The van der Waals surface area contributed by atoms with Crippen molar-refractivity contribution in [3.05, 3.63) is 11.6 Å². The van der Waals surface area contributed by atoms with Gasteiger partial charge in [-0.05, 0) is 6.92 Å². The Bertz CT molecular complexity index is 158. The normalized spacial score (nSPS) is 30.1. The molecule has 2 nitrogen and oxygen atoms in total. The van der Waals surface area contributed by atoms with Gasteiger partial charge in [0, 0.05) is 6.54 Å². The second kappa shape index (κ2) is 1.58. The molecule has 2 aliphatic rings. The first-order valence-electron chi connectivity index (χ1n) is 3.33. The van der Waals surface area contributed by atoms with Crippen LogP contribution in [0.1, 0.15) is 6.92 Å². The molecule has 2 heterocycles. The third-order valence-corrected chi connectivity index (χ3v) is 2.30. The maximum atomic E-state index is 5.13. The van der Waals surface area contributed by atoms with Crippen LogP contribution < -0.4 is 5.32 Å². The molecule has 0 atom stereocenters. The minimum atomic E-state index is 0.264. The molecule has 0 amide bonds. The van der Waals surface area contributed by atoms with Crippen LogP contribution in [-0.4, -0.2) is 25.3 Å². The fourth-order valence-electron chi connectivity index (χ4n) is 1.37. The largest absolute Gasteiger partial charge is 0.377 e. The second-order valence-electron chi connectivity index (χ2n) is 2.84. The third-order valence-electron chi connectivity index (χ3n) is 2.30. The lowest BCUT2D eigenvalue weighted by Crippen LogP contribution is -2.58. The van der Waals surface area contributed by atoms with Crippen LogP contribution in [0.3, 0.4) is 0 Å². The minimum Gasteiger partial charge on any atom is -0.377 e. The second-order valence-corrected chi connectivity index (χ2v) is 2.84. The standard InChI is InChI=1S/C7H11NO/c1-6-2-3-8-7(6)4-9-5-7/h2,8H,3-5H2,1H3. The van der Waals surface area contributed by atoms with Crippen LogP contribution in [0.4, 0.5) is 0 Å². The Kier molecular flexibility index (Phi) is 0.957. The van der Waals surface area contributed by atoms with Crippen molar-refractivity contribution in [2.24, 2.45) is 0 Å². The summed E-state index contributed by atoms with van der Waals surface area (Å²) in [7, 11) is 0. The molecule has 0 aromatic carbocycles. The SMILES string of the molecule is CC1=CCNC12COC2. The summed E-state index contributed by atoms with van der Waals surface area (Å²) in [5, 5.41) is 3.40. The number of hydrogen-bond acceptors (Lipinski definition) is 2. The zero-order valence-electron chi connectivity index (χ0n) is 5.61. The van der Waals surface area contributed by atoms with Crippen LogP contribution in [0, 0.1) is 0 Å². The Hall–Kier alpha value is -0.340. The molecule has 50 valence electrons. The van der Waals surface area contributed by atoms with E-state index in [1.54, 1.807) is 0 Å². The smallest absolute Gasteiger partial charge is 0.0868 e. The van der Waals surface area contributed by atoms with E-state index in [1.807, 2.05) is 0 Å². The highest BCUT2D eigenvalue weighted by Gasteiger charge is 2.41. The highest BCUT2D eigenvalue weighted by Crippen LogP contribution is 2.28. The Labute approximate surface area is 54.9 Å². The predicted molar refractivity (Wildman–Crippen MR) is 35.3 cm³/mol. The number of hydrogen-bond donors (Lipinski definition) is 1. The molecule has 1 N–H and O–H groups in total. The Balaban J connectivity index is 2.20. The van der Waals surface area contributed by atoms with Crippen LogP contribution in [0.2, 0.25) is 0 Å². The van der Waals surface area contributed by atoms with Crippen molar-refractivity contribution in [1.29, 1.82) is 0 Å². The minimum absolute atomic E-state index is 0.264. The maximum absolute atomic E-state index is 5.13. The average molecular weight is 125 g/mol. The summed E-state index contributed by atoms with van der Waals surface area (Å²) in [6.45, 7) is 4.93. The predicted octanol–water partition coefficient (Wildman–Crippen LogP) is 0.305. The number of rotatable bonds is 0. The van der Waals surface area contributed by atoms with E-state index in [1.165, 1.54) is 5.57 Å². The van der Waals surface area contributed by atoms with Crippen molar-refractivity contribution in [3.63, 3.8) is 0 Å². The van der Waals surface area contributed by atoms with Gasteiger partial charge in [-0.3, -0.25) is 0 Å². The third kappa shape index (κ3) is 0.575. The summed E-state index contributed by atoms with van der Waals surface area (Å²) >= 11 is 0. The quantitative estimate of drug-likeness (QED) is 0.470. The molecule has 0 aromatic rings. The van der Waals surface area contributed by atoms with Gasteiger partial charge in [-0.1, -0.05) is 11.6 Å². The van der Waals surface area contributed by atoms with Gasteiger partial charge in [-0.25, -0.2) is 0 Å². The van der Waals surface area contributed by atoms with Crippen LogP contribution in [0.5, 0.6) is 0 Å². The molecule has 1 fully saturated rings. The molecule has 0 bridgehead atoms. The molecule has 2 rings (SSSR count). The van der Waals surface area contributed by atoms with Gasteiger partial charge < -0.3 is 10.1 Å². The summed E-state index contributed by atoms with van der Waals surface area (Å²) in [5.41, 5.74) is 1.72. The first-order chi connectivity index (χ1) is 4.33. The molecule has 0 aliphatic carbocycles. The van der Waals surface area contributed by atoms with Crippen LogP contribution in [0.15, 0.2) is 11.6 Å². The van der Waals surface area contributed by atoms with Gasteiger partial charge in [0.25, 0.3) is 0 Å². The van der Waals surface area contributed by atoms with Gasteiger partial charge >= 0.3 is 0 Å². The van der Waals surface area contributed by atoms with E-state index in [-0.39, 0.29) is 5.54 Å². The van der Waals surface area contributed by atoms with Crippen molar-refractivity contribution >= 4 is 0 Å². The molecule has 2 heteroatoms. The lowest BCUT2D eigenvalue weighted by molar-refractivity contribution is -0.0477. The molecule has 0 unspecified atom stereocenters. The summed E-state index contributed by atoms with van der Waals surface area (Å²) in [6.07, 6.45) is 2.24. The highest BCUT2D eigenvalue weighted by molar-refractivity contribution is 5.27. The molecule has 9 heavy (non-hydrogen) atoms. The summed E-state index contributed by atoms with van der Waals surface area (Å²) in [4.78, 5) is 0. The fourth-order valence-corrected chi connectivity index (χ4v) is 1.37. The van der Waals surface area contributed by atoms with Crippen molar-refractivity contribution in [2.75, 3.05) is 19.8 Å². The van der Waals surface area contributed by atoms with Crippen molar-refractivity contribution < 1.29 is 4.74 Å². The zero-order chi connectivity index (χ0) is 6.32. The van der Waals surface area contributed by atoms with Gasteiger partial charge in [0.2, 0.25) is 0 Å². The van der Waals surface area contributed by atoms with Crippen LogP contribution >= 0.6 is 0 Å². The highest BCUT2D eigenvalue weighted by atomic mass is 16.5. The number of nitrogens with one attached hydrogen (secondary N) is 1. The molecular formula is C7H11NO. The van der Waals surface area contributed by atoms with Gasteiger partial charge in [-0.2, -0.15) is 0 Å². The monoisotopic (exact) mass is 125 g/mol. The molecule has 1 saturated heterocycles. The van der Waals surface area contributed by atoms with Gasteiger partial charge in [-0.15, -0.1) is 0 Å². The molecule has 0 radical (unpaired) electrons. The van der Waals surface area contributed by atoms with E-state index in [4.69, 9.17) is 4.74 Å². The molecule has 2 aliphatic heterocycles. The summed E-state index contributed by atoms with van der Waals surface area (Å²) in [5.74, 6) is 0. The zero-order valence-corrected chi connectivity index (χ0v) is 5.61. The van der Waals surface area contributed by atoms with Crippen molar-refractivity contribution in [3.8, 4) is 0 Å². The Morgan fingerprint density at radius 1 is 1.67 bits per heavy atom. The average Bonchev–Trinajstić information content (AvgIpc) is 2.07. The molecule has 0 aromatic heterocycles. The lowest BCUT2D eigenvalue weighted by atomic mass is 9.91. The molecular weight excluding hydrogens is 114 g/mol. The van der Waals surface area contributed by atoms with E-state index >= 15 is 0 Å². The summed E-state index contributed by atoms with van der Waals surface area (Å²) < 4.78 is 5.13. The topological polar surface area (TPSA) is 21.3 Å². The van der Waals surface area contributed by atoms with Gasteiger partial charge in [0.15, 0.2) is 0 Å². The Morgan fingerprint density at radius 3 is 2.67 bits per heavy atom. The lowest BCUT2D eigenvalue weighted by Gasteiger charge is -2.39. The van der Waals surface area contributed by atoms with Crippen molar-refractivity contribution in [2.45, 2.75) is 12.5 Å². The van der Waals surface area contributed by atoms with Gasteiger partial charge in [0.05, 0.1) is 18.8 Å². The van der Waals surface area contributed by atoms with E-state index in [2.05, 4.69) is 18.3 Å². The van der Waals surface area contributed by atoms with Gasteiger partial charge in [0.1, 0.15) is 0 Å². The van der Waals surface area contributed by atoms with E-state index in [0.717, 1.165) is 19.8 Å². The first-order valence-corrected chi connectivity index (χ1v) is 3.33. The van der Waals surface area contributed by atoms with E-state index in [0.29, 0.717) is 0 Å². The molecule has 1 spiro atoms. The molecule has 0 saturated carbocycles. The van der Waals surface area contributed by atoms with E-state index < -0.39 is 0 Å². The maximum Gasteiger partial charge on any atom is 0.0868 e.